The highest BCUT2D eigenvalue weighted by Gasteiger charge is 2.19. The number of guanidine groups is 1. The van der Waals surface area contributed by atoms with Crippen LogP contribution in [0.3, 0.4) is 0 Å². The van der Waals surface area contributed by atoms with Gasteiger partial charge in [-0.05, 0) is 38.3 Å². The molecule has 0 amide bonds. The van der Waals surface area contributed by atoms with Crippen molar-refractivity contribution in [3.05, 3.63) is 46.3 Å². The molecular weight excluding hydrogens is 517 g/mol. The summed E-state index contributed by atoms with van der Waals surface area (Å²) in [4.78, 5) is 4.84. The van der Waals surface area contributed by atoms with Crippen molar-refractivity contribution in [2.75, 3.05) is 19.8 Å². The third-order valence-electron chi connectivity index (χ3n) is 5.62. The Morgan fingerprint density at radius 1 is 1.25 bits per heavy atom. The third-order valence-corrected chi connectivity index (χ3v) is 5.62. The van der Waals surface area contributed by atoms with Gasteiger partial charge in [-0.3, -0.25) is 4.68 Å². The Morgan fingerprint density at radius 2 is 2.06 bits per heavy atom. The lowest BCUT2D eigenvalue weighted by atomic mass is 10.1. The predicted molar refractivity (Wildman–Crippen MR) is 140 cm³/mol. The zero-order valence-electron chi connectivity index (χ0n) is 20.0. The van der Waals surface area contributed by atoms with Gasteiger partial charge in [-0.15, -0.1) is 24.0 Å². The van der Waals surface area contributed by atoms with E-state index in [0.717, 1.165) is 55.4 Å². The zero-order chi connectivity index (χ0) is 22.2. The molecule has 0 radical (unpaired) electrons. The number of benzene rings is 1. The molecule has 1 unspecified atom stereocenters. The molecule has 178 valence electrons. The first kappa shape index (κ1) is 26.4. The zero-order valence-corrected chi connectivity index (χ0v) is 22.4. The Morgan fingerprint density at radius 3 is 2.72 bits per heavy atom. The minimum Gasteiger partial charge on any atom is -0.488 e. The molecule has 1 saturated heterocycles. The molecule has 2 aromatic rings. The quantitative estimate of drug-likeness (QED) is 0.279. The normalized spacial score (nSPS) is 16.0. The first-order valence-corrected chi connectivity index (χ1v) is 11.4. The molecule has 0 bridgehead atoms. The SMILES string of the molecule is CCNC(=NCc1ccc(C)cc1OC1CCOC1)NCc1c(CC)nn(C)c1CC.I. The topological polar surface area (TPSA) is 72.7 Å². The summed E-state index contributed by atoms with van der Waals surface area (Å²) in [6.45, 7) is 12.0. The number of aryl methyl sites for hydroxylation is 3. The molecule has 1 fully saturated rings. The van der Waals surface area contributed by atoms with E-state index in [4.69, 9.17) is 14.5 Å². The molecule has 1 aliphatic heterocycles. The van der Waals surface area contributed by atoms with Gasteiger partial charge in [0.25, 0.3) is 0 Å². The van der Waals surface area contributed by atoms with Crippen LogP contribution in [0.5, 0.6) is 5.75 Å². The first-order valence-electron chi connectivity index (χ1n) is 11.4. The van der Waals surface area contributed by atoms with Gasteiger partial charge in [-0.2, -0.15) is 5.10 Å². The van der Waals surface area contributed by atoms with Gasteiger partial charge >= 0.3 is 0 Å². The Bertz CT molecular complexity index is 891. The maximum absolute atomic E-state index is 6.23. The second-order valence-electron chi connectivity index (χ2n) is 7.97. The maximum atomic E-state index is 6.23. The molecule has 0 aliphatic carbocycles. The van der Waals surface area contributed by atoms with Crippen LogP contribution in [0.1, 0.15) is 55.3 Å². The fourth-order valence-corrected chi connectivity index (χ4v) is 3.96. The summed E-state index contributed by atoms with van der Waals surface area (Å²) in [5, 5.41) is 11.5. The summed E-state index contributed by atoms with van der Waals surface area (Å²) in [6, 6.07) is 6.32. The minimum atomic E-state index is 0. The van der Waals surface area contributed by atoms with E-state index in [1.807, 2.05) is 11.7 Å². The van der Waals surface area contributed by atoms with Crippen LogP contribution in [0.4, 0.5) is 0 Å². The first-order chi connectivity index (χ1) is 15.0. The number of ether oxygens (including phenoxy) is 2. The van der Waals surface area contributed by atoms with Crippen LogP contribution < -0.4 is 15.4 Å². The van der Waals surface area contributed by atoms with Gasteiger partial charge in [0.2, 0.25) is 0 Å². The molecule has 2 heterocycles. The number of aromatic nitrogens is 2. The highest BCUT2D eigenvalue weighted by molar-refractivity contribution is 14.0. The van der Waals surface area contributed by atoms with Crippen LogP contribution in [0.15, 0.2) is 23.2 Å². The van der Waals surface area contributed by atoms with E-state index in [0.29, 0.717) is 19.7 Å². The smallest absolute Gasteiger partial charge is 0.191 e. The summed E-state index contributed by atoms with van der Waals surface area (Å²) >= 11 is 0. The van der Waals surface area contributed by atoms with Gasteiger partial charge in [0.15, 0.2) is 5.96 Å². The van der Waals surface area contributed by atoms with E-state index in [-0.39, 0.29) is 30.1 Å². The summed E-state index contributed by atoms with van der Waals surface area (Å²) < 4.78 is 13.7. The molecule has 1 aliphatic rings. The number of rotatable bonds is 9. The summed E-state index contributed by atoms with van der Waals surface area (Å²) in [7, 11) is 2.02. The lowest BCUT2D eigenvalue weighted by Crippen LogP contribution is -2.37. The van der Waals surface area contributed by atoms with Crippen molar-refractivity contribution in [1.29, 1.82) is 0 Å². The lowest BCUT2D eigenvalue weighted by Gasteiger charge is -2.16. The molecular formula is C24H38IN5O2. The number of halogens is 1. The van der Waals surface area contributed by atoms with Crippen LogP contribution >= 0.6 is 24.0 Å². The van der Waals surface area contributed by atoms with E-state index >= 15 is 0 Å². The molecule has 0 spiro atoms. The Labute approximate surface area is 209 Å². The van der Waals surface area contributed by atoms with Crippen LogP contribution in [-0.2, 0) is 37.7 Å². The van der Waals surface area contributed by atoms with E-state index in [1.54, 1.807) is 0 Å². The Kier molecular flexibility index (Phi) is 10.8. The second kappa shape index (κ2) is 13.0. The molecule has 1 aromatic carbocycles. The van der Waals surface area contributed by atoms with E-state index in [2.05, 4.69) is 61.6 Å². The van der Waals surface area contributed by atoms with Crippen molar-refractivity contribution >= 4 is 29.9 Å². The third kappa shape index (κ3) is 6.84. The van der Waals surface area contributed by atoms with Crippen molar-refractivity contribution in [3.63, 3.8) is 0 Å². The fourth-order valence-electron chi connectivity index (χ4n) is 3.96. The summed E-state index contributed by atoms with van der Waals surface area (Å²) in [5.41, 5.74) is 5.96. The van der Waals surface area contributed by atoms with Crippen molar-refractivity contribution in [1.82, 2.24) is 20.4 Å². The number of aliphatic imine (C=N–C) groups is 1. The maximum Gasteiger partial charge on any atom is 0.191 e. The van der Waals surface area contributed by atoms with Crippen molar-refractivity contribution < 1.29 is 9.47 Å². The van der Waals surface area contributed by atoms with E-state index in [9.17, 15) is 0 Å². The predicted octanol–water partition coefficient (Wildman–Crippen LogP) is 3.89. The fraction of sp³-hybridized carbons (Fsp3) is 0.583. The molecule has 8 heteroatoms. The molecule has 2 N–H and O–H groups in total. The van der Waals surface area contributed by atoms with Crippen LogP contribution in [0.2, 0.25) is 0 Å². The minimum absolute atomic E-state index is 0. The average molecular weight is 556 g/mol. The number of nitrogens with zero attached hydrogens (tertiary/aromatic N) is 3. The number of hydrogen-bond donors (Lipinski definition) is 2. The molecule has 32 heavy (non-hydrogen) atoms. The van der Waals surface area contributed by atoms with Gasteiger partial charge < -0.3 is 20.1 Å². The number of hydrogen-bond acceptors (Lipinski definition) is 4. The average Bonchev–Trinajstić information content (AvgIpc) is 3.38. The lowest BCUT2D eigenvalue weighted by molar-refractivity contribution is 0.140. The van der Waals surface area contributed by atoms with Crippen molar-refractivity contribution in [2.24, 2.45) is 12.0 Å². The molecule has 7 nitrogen and oxygen atoms in total. The Balaban J connectivity index is 0.00000363. The summed E-state index contributed by atoms with van der Waals surface area (Å²) in [5.74, 6) is 1.70. The van der Waals surface area contributed by atoms with Crippen molar-refractivity contribution in [3.8, 4) is 5.75 Å². The highest BCUT2D eigenvalue weighted by Crippen LogP contribution is 2.24. The highest BCUT2D eigenvalue weighted by atomic mass is 127. The van der Waals surface area contributed by atoms with Crippen molar-refractivity contribution in [2.45, 2.75) is 66.2 Å². The van der Waals surface area contributed by atoms with Gasteiger partial charge in [0.05, 0.1) is 25.5 Å². The molecule has 1 atom stereocenters. The molecule has 1 aromatic heterocycles. The monoisotopic (exact) mass is 555 g/mol. The van der Waals surface area contributed by atoms with E-state index < -0.39 is 0 Å². The molecule has 3 rings (SSSR count). The second-order valence-corrected chi connectivity index (χ2v) is 7.97. The molecule has 0 saturated carbocycles. The standard InChI is InChI=1S/C24H37N5O2.HI/c1-6-21-20(22(7-2)29(5)28-21)15-27-24(25-8-3)26-14-18-10-9-17(4)13-23(18)31-19-11-12-30-16-19;/h9-10,13,19H,6-8,11-12,14-16H2,1-5H3,(H2,25,26,27);1H. The van der Waals surface area contributed by atoms with Crippen LogP contribution in [0, 0.1) is 6.92 Å². The summed E-state index contributed by atoms with van der Waals surface area (Å²) in [6.07, 6.45) is 2.95. The van der Waals surface area contributed by atoms with Gasteiger partial charge in [-0.1, -0.05) is 26.0 Å². The van der Waals surface area contributed by atoms with Crippen LogP contribution in [0.25, 0.3) is 0 Å². The number of nitrogens with one attached hydrogen (secondary N) is 2. The van der Waals surface area contributed by atoms with E-state index in [1.165, 1.54) is 16.8 Å². The van der Waals surface area contributed by atoms with Gasteiger partial charge in [0.1, 0.15) is 11.9 Å². The van der Waals surface area contributed by atoms with Crippen LogP contribution in [-0.4, -0.2) is 41.6 Å². The largest absolute Gasteiger partial charge is 0.488 e. The Hall–Kier alpha value is -1.81. The van der Waals surface area contributed by atoms with Gasteiger partial charge in [-0.25, -0.2) is 4.99 Å². The van der Waals surface area contributed by atoms with Gasteiger partial charge in [0, 0.05) is 43.4 Å².